The summed E-state index contributed by atoms with van der Waals surface area (Å²) >= 11 is 28.1. The molecule has 4 saturated heterocycles. The van der Waals surface area contributed by atoms with Gasteiger partial charge in [0.25, 0.3) is 11.8 Å². The molecule has 2 atom stereocenters. The number of likely N-dealkylation sites (N-methyl/N-ethyl adjacent to an activating group) is 1. The van der Waals surface area contributed by atoms with Gasteiger partial charge in [-0.2, -0.15) is 10.2 Å². The van der Waals surface area contributed by atoms with Crippen LogP contribution in [-0.4, -0.2) is 156 Å². The maximum atomic E-state index is 14.4. The van der Waals surface area contributed by atoms with Crippen molar-refractivity contribution in [3.63, 3.8) is 0 Å². The van der Waals surface area contributed by atoms with E-state index in [1.54, 1.807) is 24.3 Å². The third kappa shape index (κ3) is 13.5. The van der Waals surface area contributed by atoms with Crippen LogP contribution in [0.3, 0.4) is 0 Å². The van der Waals surface area contributed by atoms with Gasteiger partial charge in [-0.1, -0.05) is 69.9 Å². The topological polar surface area (TPSA) is 197 Å². The standard InChI is InChI=1S/C58H60Cl4N14O4S2/c1-73-15-19-75(20-16-73)39-3-6-44(58(78)68-56-54-47(70-72-56)9-11-52(66-54)82-50-29-34(59)2-7-45(50)62)49(32-39)64-38-14-25-80-41(30-38)33-74-17-21-76(22-18-74)40-4-5-43(48(31-40)63-37-12-23-79-24-13-37)57(77)67-55-53-46(69-71-55)8-10-51(65-53)81-42-27-35(60)26-36(61)28-42/h2-11,26-29,31-32,37-38,41,63-64H,12-25,30,33H2,1H3,(H2,67,69,71,77)(H2,68,70,72,78). The molecule has 8 heterocycles. The number of hydrogen-bond acceptors (Lipinski definition) is 16. The van der Waals surface area contributed by atoms with Gasteiger partial charge >= 0.3 is 0 Å². The molecule has 8 aromatic rings. The van der Waals surface area contributed by atoms with Crippen LogP contribution < -0.4 is 31.1 Å². The van der Waals surface area contributed by atoms with Crippen LogP contribution in [0.25, 0.3) is 22.1 Å². The number of piperazine rings is 2. The van der Waals surface area contributed by atoms with E-state index < -0.39 is 0 Å². The lowest BCUT2D eigenvalue weighted by molar-refractivity contribution is -0.0107. The molecule has 4 aliphatic rings. The van der Waals surface area contributed by atoms with Gasteiger partial charge in [0, 0.05) is 138 Å². The number of aromatic nitrogens is 6. The Morgan fingerprint density at radius 3 is 1.78 bits per heavy atom. The van der Waals surface area contributed by atoms with Crippen LogP contribution in [0, 0.1) is 0 Å². The van der Waals surface area contributed by atoms with Crippen molar-refractivity contribution in [2.75, 3.05) is 117 Å². The molecule has 2 unspecified atom stereocenters. The maximum absolute atomic E-state index is 14.4. The number of benzene rings is 4. The summed E-state index contributed by atoms with van der Waals surface area (Å²) in [5.74, 6) is 0.0734. The number of aromatic amines is 2. The molecule has 2 amide bonds. The molecule has 18 nitrogen and oxygen atoms in total. The number of amides is 2. The van der Waals surface area contributed by atoms with Crippen LogP contribution in [0.2, 0.25) is 20.1 Å². The molecule has 12 rings (SSSR count). The van der Waals surface area contributed by atoms with Crippen molar-refractivity contribution in [3.05, 3.63) is 128 Å². The highest BCUT2D eigenvalue weighted by atomic mass is 35.5. The number of halogens is 4. The molecule has 24 heteroatoms. The summed E-state index contributed by atoms with van der Waals surface area (Å²) in [5.41, 5.74) is 7.09. The minimum Gasteiger partial charge on any atom is -0.381 e. The second-order valence-electron chi connectivity index (χ2n) is 21.0. The van der Waals surface area contributed by atoms with Gasteiger partial charge in [0.1, 0.15) is 21.1 Å². The van der Waals surface area contributed by atoms with Crippen molar-refractivity contribution < 1.29 is 19.1 Å². The number of carbonyl (C=O) groups is 2. The predicted octanol–water partition coefficient (Wildman–Crippen LogP) is 11.8. The SMILES string of the molecule is CN1CCN(c2ccc(C(=O)Nc3n[nH]c4ccc(Sc5cc(Cl)ccc5Cl)nc34)c(NC3CCOC(CN4CCN(c5ccc(C(=O)Nc6n[nH]c7ccc(Sc8cc(Cl)cc(Cl)c8)nc67)c(NC6CCOCC6)c5)CC4)C3)c2)CC1. The normalized spacial score (nSPS) is 18.5. The average molecular weight is 1220 g/mol. The van der Waals surface area contributed by atoms with Crippen molar-refractivity contribution >= 4 is 138 Å². The van der Waals surface area contributed by atoms with Crippen molar-refractivity contribution in [3.8, 4) is 0 Å². The summed E-state index contributed by atoms with van der Waals surface area (Å²) in [6, 6.07) is 30.5. The van der Waals surface area contributed by atoms with Crippen LogP contribution in [0.1, 0.15) is 46.4 Å². The van der Waals surface area contributed by atoms with E-state index in [1.165, 1.54) is 23.5 Å². The zero-order valence-electron chi connectivity index (χ0n) is 44.8. The Labute approximate surface area is 503 Å². The van der Waals surface area contributed by atoms with E-state index in [-0.39, 0.29) is 30.0 Å². The van der Waals surface area contributed by atoms with Crippen LogP contribution >= 0.6 is 69.9 Å². The molecule has 4 aliphatic heterocycles. The molecule has 0 saturated carbocycles. The maximum Gasteiger partial charge on any atom is 0.259 e. The van der Waals surface area contributed by atoms with Gasteiger partial charge in [0.15, 0.2) is 11.6 Å². The second-order valence-corrected chi connectivity index (χ2v) is 24.8. The Kier molecular flexibility index (Phi) is 17.5. The zero-order chi connectivity index (χ0) is 56.3. The fourth-order valence-electron chi connectivity index (χ4n) is 10.8. The number of hydrogen-bond donors (Lipinski definition) is 6. The molecule has 4 aromatic carbocycles. The van der Waals surface area contributed by atoms with Crippen LogP contribution in [-0.2, 0) is 9.47 Å². The summed E-state index contributed by atoms with van der Waals surface area (Å²) in [6.07, 6.45) is 3.23. The van der Waals surface area contributed by atoms with Crippen molar-refractivity contribution in [2.24, 2.45) is 0 Å². The minimum atomic E-state index is -0.296. The van der Waals surface area contributed by atoms with E-state index in [1.807, 2.05) is 60.7 Å². The first-order chi connectivity index (χ1) is 39.9. The number of H-pyrrole nitrogens is 2. The zero-order valence-corrected chi connectivity index (χ0v) is 49.5. The van der Waals surface area contributed by atoms with Crippen molar-refractivity contribution in [2.45, 2.75) is 63.7 Å². The lowest BCUT2D eigenvalue weighted by Gasteiger charge is -2.39. The molecular formula is C58H60Cl4N14O4S2. The molecule has 426 valence electrons. The van der Waals surface area contributed by atoms with Crippen LogP contribution in [0.15, 0.2) is 117 Å². The summed E-state index contributed by atoms with van der Waals surface area (Å²) in [4.78, 5) is 49.6. The Morgan fingerprint density at radius 2 is 1.17 bits per heavy atom. The number of nitrogens with one attached hydrogen (secondary N) is 6. The number of nitrogens with zero attached hydrogens (tertiary/aromatic N) is 8. The van der Waals surface area contributed by atoms with Crippen LogP contribution in [0.4, 0.5) is 34.4 Å². The second kappa shape index (κ2) is 25.4. The van der Waals surface area contributed by atoms with E-state index in [0.717, 1.165) is 117 Å². The molecule has 4 aromatic heterocycles. The molecule has 0 bridgehead atoms. The van der Waals surface area contributed by atoms with Crippen LogP contribution in [0.5, 0.6) is 0 Å². The Hall–Kier alpha value is -6.04. The Morgan fingerprint density at radius 1 is 0.610 bits per heavy atom. The number of carbonyl (C=O) groups excluding carboxylic acids is 2. The van der Waals surface area contributed by atoms with Gasteiger partial charge in [0.2, 0.25) is 0 Å². The largest absolute Gasteiger partial charge is 0.381 e. The number of ether oxygens (including phenoxy) is 2. The molecule has 0 aliphatic carbocycles. The van der Waals surface area contributed by atoms with E-state index >= 15 is 0 Å². The highest BCUT2D eigenvalue weighted by Crippen LogP contribution is 2.38. The summed E-state index contributed by atoms with van der Waals surface area (Å²) < 4.78 is 12.1. The summed E-state index contributed by atoms with van der Waals surface area (Å²) in [5, 5.41) is 32.2. The Bertz CT molecular complexity index is 3610. The number of anilines is 6. The highest BCUT2D eigenvalue weighted by Gasteiger charge is 2.30. The van der Waals surface area contributed by atoms with E-state index in [9.17, 15) is 9.59 Å². The van der Waals surface area contributed by atoms with Gasteiger partial charge in [0.05, 0.1) is 33.3 Å². The predicted molar refractivity (Wildman–Crippen MR) is 330 cm³/mol. The first kappa shape index (κ1) is 56.4. The molecule has 0 radical (unpaired) electrons. The molecular weight excluding hydrogens is 1160 g/mol. The number of rotatable bonds is 16. The smallest absolute Gasteiger partial charge is 0.259 e. The van der Waals surface area contributed by atoms with Gasteiger partial charge in [-0.15, -0.1) is 0 Å². The van der Waals surface area contributed by atoms with Gasteiger partial charge in [-0.25, -0.2) is 9.97 Å². The minimum absolute atomic E-state index is 0.00597. The van der Waals surface area contributed by atoms with Gasteiger partial charge in [-0.05, 0) is 130 Å². The molecule has 6 N–H and O–H groups in total. The third-order valence-electron chi connectivity index (χ3n) is 15.3. The monoisotopic (exact) mass is 1220 g/mol. The average Bonchev–Trinajstić information content (AvgIpc) is 4.08. The van der Waals surface area contributed by atoms with Crippen molar-refractivity contribution in [1.82, 2.24) is 40.2 Å². The highest BCUT2D eigenvalue weighted by molar-refractivity contribution is 7.99. The fraction of sp³-hybridized carbons (Fsp3) is 0.345. The van der Waals surface area contributed by atoms with Crippen molar-refractivity contribution in [1.29, 1.82) is 0 Å². The lowest BCUT2D eigenvalue weighted by atomic mass is 10.0. The molecule has 82 heavy (non-hydrogen) atoms. The number of pyridine rings is 2. The van der Waals surface area contributed by atoms with Gasteiger partial charge < -0.3 is 45.4 Å². The van der Waals surface area contributed by atoms with E-state index in [0.29, 0.717) is 94.8 Å². The van der Waals surface area contributed by atoms with E-state index in [2.05, 4.69) is 80.4 Å². The Balaban J connectivity index is 0.702. The molecule has 0 spiro atoms. The molecule has 4 fully saturated rings. The first-order valence-corrected chi connectivity index (χ1v) is 30.6. The van der Waals surface area contributed by atoms with Gasteiger partial charge in [-0.3, -0.25) is 24.7 Å². The summed E-state index contributed by atoms with van der Waals surface area (Å²) in [6.45, 7) is 9.69. The first-order valence-electron chi connectivity index (χ1n) is 27.4. The van der Waals surface area contributed by atoms with E-state index in [4.69, 9.17) is 65.8 Å². The quantitative estimate of drug-likeness (QED) is 0.0534. The summed E-state index contributed by atoms with van der Waals surface area (Å²) in [7, 11) is 2.15. The number of fused-ring (bicyclic) bond motifs is 2. The lowest BCUT2D eigenvalue weighted by Crippen LogP contribution is -2.50. The third-order valence-corrected chi connectivity index (χ3v) is 18.3. The fourth-order valence-corrected chi connectivity index (χ4v) is 13.7.